The molecular formula is C18H21N5OS2. The first-order valence-corrected chi connectivity index (χ1v) is 10.3. The predicted molar refractivity (Wildman–Crippen MR) is 104 cm³/mol. The van der Waals surface area contributed by atoms with E-state index in [-0.39, 0.29) is 18.0 Å². The first kappa shape index (κ1) is 18.6. The van der Waals surface area contributed by atoms with Crippen LogP contribution < -0.4 is 5.32 Å². The zero-order valence-corrected chi connectivity index (χ0v) is 16.3. The number of carbonyl (C=O) groups is 1. The van der Waals surface area contributed by atoms with Gasteiger partial charge in [0.15, 0.2) is 0 Å². The lowest BCUT2D eigenvalue weighted by Gasteiger charge is -2.18. The van der Waals surface area contributed by atoms with E-state index in [4.69, 9.17) is 0 Å². The Labute approximate surface area is 161 Å². The topological polar surface area (TPSA) is 72.7 Å². The highest BCUT2D eigenvalue weighted by atomic mass is 32.2. The SMILES string of the molecule is CC(C)n1nnnc1SCCC(=O)NC(c1ccccc1)c1cccs1. The summed E-state index contributed by atoms with van der Waals surface area (Å²) in [4.78, 5) is 13.6. The molecule has 26 heavy (non-hydrogen) atoms. The van der Waals surface area contributed by atoms with Gasteiger partial charge in [0.05, 0.1) is 12.1 Å². The van der Waals surface area contributed by atoms with Crippen molar-refractivity contribution in [3.8, 4) is 0 Å². The Morgan fingerprint density at radius 3 is 2.73 bits per heavy atom. The number of nitrogens with one attached hydrogen (secondary N) is 1. The van der Waals surface area contributed by atoms with Crippen molar-refractivity contribution in [3.05, 3.63) is 58.3 Å². The molecule has 8 heteroatoms. The smallest absolute Gasteiger partial charge is 0.221 e. The molecule has 1 amide bonds. The molecule has 0 saturated carbocycles. The average molecular weight is 388 g/mol. The Morgan fingerprint density at radius 2 is 2.04 bits per heavy atom. The Bertz CT molecular complexity index is 817. The molecule has 1 N–H and O–H groups in total. The van der Waals surface area contributed by atoms with E-state index in [1.54, 1.807) is 16.0 Å². The van der Waals surface area contributed by atoms with Crippen LogP contribution in [0.4, 0.5) is 0 Å². The maximum absolute atomic E-state index is 12.5. The minimum absolute atomic E-state index is 0.0170. The molecule has 1 aromatic carbocycles. The molecule has 136 valence electrons. The molecular weight excluding hydrogens is 366 g/mol. The van der Waals surface area contributed by atoms with Gasteiger partial charge in [-0.05, 0) is 41.3 Å². The van der Waals surface area contributed by atoms with Crippen molar-refractivity contribution in [1.29, 1.82) is 0 Å². The molecule has 0 fully saturated rings. The van der Waals surface area contributed by atoms with E-state index in [9.17, 15) is 4.79 Å². The number of aromatic nitrogens is 4. The van der Waals surface area contributed by atoms with Gasteiger partial charge >= 0.3 is 0 Å². The van der Waals surface area contributed by atoms with E-state index in [2.05, 4.69) is 20.8 Å². The van der Waals surface area contributed by atoms with Crippen molar-refractivity contribution >= 4 is 29.0 Å². The van der Waals surface area contributed by atoms with Gasteiger partial charge in [-0.2, -0.15) is 0 Å². The normalized spacial score (nSPS) is 12.3. The highest BCUT2D eigenvalue weighted by Crippen LogP contribution is 2.26. The van der Waals surface area contributed by atoms with Crippen LogP contribution in [0.5, 0.6) is 0 Å². The molecule has 0 radical (unpaired) electrons. The molecule has 3 aromatic rings. The van der Waals surface area contributed by atoms with Crippen molar-refractivity contribution in [2.24, 2.45) is 0 Å². The number of thioether (sulfide) groups is 1. The third-order valence-corrected chi connectivity index (χ3v) is 5.65. The van der Waals surface area contributed by atoms with E-state index in [1.807, 2.05) is 61.7 Å². The van der Waals surface area contributed by atoms with Gasteiger partial charge in [0.25, 0.3) is 0 Å². The summed E-state index contributed by atoms with van der Waals surface area (Å²) < 4.78 is 1.76. The molecule has 2 aromatic heterocycles. The van der Waals surface area contributed by atoms with Gasteiger partial charge in [-0.1, -0.05) is 48.2 Å². The summed E-state index contributed by atoms with van der Waals surface area (Å²) in [5.41, 5.74) is 1.08. The molecule has 3 rings (SSSR count). The fourth-order valence-corrected chi connectivity index (χ4v) is 4.24. The molecule has 0 aliphatic rings. The molecule has 6 nitrogen and oxygen atoms in total. The van der Waals surface area contributed by atoms with Crippen molar-refractivity contribution in [2.45, 2.75) is 37.5 Å². The van der Waals surface area contributed by atoms with Gasteiger partial charge in [0, 0.05) is 17.1 Å². The van der Waals surface area contributed by atoms with Gasteiger partial charge in [0.2, 0.25) is 11.1 Å². The zero-order chi connectivity index (χ0) is 18.4. The lowest BCUT2D eigenvalue weighted by atomic mass is 10.1. The molecule has 2 heterocycles. The highest BCUT2D eigenvalue weighted by Gasteiger charge is 2.18. The number of amides is 1. The number of thiophene rings is 1. The highest BCUT2D eigenvalue weighted by molar-refractivity contribution is 7.99. The van der Waals surface area contributed by atoms with Gasteiger partial charge < -0.3 is 5.32 Å². The number of rotatable bonds is 8. The molecule has 0 bridgehead atoms. The third kappa shape index (κ3) is 4.70. The van der Waals surface area contributed by atoms with Crippen LogP contribution in [0.2, 0.25) is 0 Å². The van der Waals surface area contributed by atoms with E-state index in [0.717, 1.165) is 15.6 Å². The zero-order valence-electron chi connectivity index (χ0n) is 14.7. The summed E-state index contributed by atoms with van der Waals surface area (Å²) >= 11 is 3.14. The molecule has 0 aliphatic heterocycles. The van der Waals surface area contributed by atoms with Crippen LogP contribution >= 0.6 is 23.1 Å². The van der Waals surface area contributed by atoms with Crippen LogP contribution in [-0.4, -0.2) is 31.9 Å². The van der Waals surface area contributed by atoms with Crippen LogP contribution in [0.25, 0.3) is 0 Å². The van der Waals surface area contributed by atoms with Crippen molar-refractivity contribution in [2.75, 3.05) is 5.75 Å². The molecule has 0 saturated heterocycles. The fraction of sp³-hybridized carbons (Fsp3) is 0.333. The predicted octanol–water partition coefficient (Wildman–Crippen LogP) is 3.70. The standard InChI is InChI=1S/C18H21N5OS2/c1-13(2)23-18(20-21-22-23)26-12-10-16(24)19-17(15-9-6-11-25-15)14-7-4-3-5-8-14/h3-9,11,13,17H,10,12H2,1-2H3,(H,19,24). The summed E-state index contributed by atoms with van der Waals surface area (Å²) in [5, 5.41) is 17.6. The summed E-state index contributed by atoms with van der Waals surface area (Å²) in [6.07, 6.45) is 0.407. The Kier molecular flexibility index (Phi) is 6.40. The fourth-order valence-electron chi connectivity index (χ4n) is 2.49. The molecule has 1 unspecified atom stereocenters. The lowest BCUT2D eigenvalue weighted by molar-refractivity contribution is -0.121. The first-order chi connectivity index (χ1) is 12.6. The van der Waals surface area contributed by atoms with E-state index >= 15 is 0 Å². The second-order valence-electron chi connectivity index (χ2n) is 6.02. The summed E-state index contributed by atoms with van der Waals surface area (Å²) in [6.45, 7) is 4.05. The minimum atomic E-state index is -0.116. The minimum Gasteiger partial charge on any atom is -0.344 e. The van der Waals surface area contributed by atoms with E-state index in [1.165, 1.54) is 11.8 Å². The quantitative estimate of drug-likeness (QED) is 0.597. The van der Waals surface area contributed by atoms with E-state index < -0.39 is 0 Å². The molecule has 1 atom stereocenters. The van der Waals surface area contributed by atoms with Crippen LogP contribution in [0.15, 0.2) is 53.0 Å². The molecule has 0 spiro atoms. The Hall–Kier alpha value is -2.19. The number of tetrazole rings is 1. The number of hydrogen-bond acceptors (Lipinski definition) is 6. The first-order valence-electron chi connectivity index (χ1n) is 8.43. The van der Waals surface area contributed by atoms with Gasteiger partial charge in [-0.15, -0.1) is 16.4 Å². The Balaban J connectivity index is 1.59. The van der Waals surface area contributed by atoms with Crippen molar-refractivity contribution < 1.29 is 4.79 Å². The summed E-state index contributed by atoms with van der Waals surface area (Å²) in [7, 11) is 0. The Morgan fingerprint density at radius 1 is 1.23 bits per heavy atom. The van der Waals surface area contributed by atoms with Crippen LogP contribution in [-0.2, 0) is 4.79 Å². The number of hydrogen-bond donors (Lipinski definition) is 1. The number of carbonyl (C=O) groups excluding carboxylic acids is 1. The van der Waals surface area contributed by atoms with E-state index in [0.29, 0.717) is 12.2 Å². The van der Waals surface area contributed by atoms with Gasteiger partial charge in [0.1, 0.15) is 0 Å². The molecule has 0 aliphatic carbocycles. The number of benzene rings is 1. The van der Waals surface area contributed by atoms with Crippen LogP contribution in [0.3, 0.4) is 0 Å². The largest absolute Gasteiger partial charge is 0.344 e. The van der Waals surface area contributed by atoms with Crippen LogP contribution in [0.1, 0.15) is 42.8 Å². The second-order valence-corrected chi connectivity index (χ2v) is 8.07. The summed E-state index contributed by atoms with van der Waals surface area (Å²) in [6, 6.07) is 14.2. The maximum Gasteiger partial charge on any atom is 0.221 e. The van der Waals surface area contributed by atoms with Crippen molar-refractivity contribution in [3.63, 3.8) is 0 Å². The summed E-state index contributed by atoms with van der Waals surface area (Å²) in [5.74, 6) is 0.647. The second kappa shape index (κ2) is 8.95. The van der Waals surface area contributed by atoms with Crippen molar-refractivity contribution in [1.82, 2.24) is 25.5 Å². The number of nitrogens with zero attached hydrogens (tertiary/aromatic N) is 4. The van der Waals surface area contributed by atoms with Gasteiger partial charge in [-0.25, -0.2) is 4.68 Å². The lowest BCUT2D eigenvalue weighted by Crippen LogP contribution is -2.29. The third-order valence-electron chi connectivity index (χ3n) is 3.78. The van der Waals surface area contributed by atoms with Crippen LogP contribution in [0, 0.1) is 0 Å². The average Bonchev–Trinajstić information content (AvgIpc) is 3.32. The monoisotopic (exact) mass is 387 g/mol. The van der Waals surface area contributed by atoms with Gasteiger partial charge in [-0.3, -0.25) is 4.79 Å². The maximum atomic E-state index is 12.5.